The van der Waals surface area contributed by atoms with Crippen molar-refractivity contribution in [3.63, 3.8) is 0 Å². The molecule has 0 saturated carbocycles. The van der Waals surface area contributed by atoms with Gasteiger partial charge in [0.2, 0.25) is 0 Å². The van der Waals surface area contributed by atoms with Crippen LogP contribution in [0.5, 0.6) is 0 Å². The van der Waals surface area contributed by atoms with E-state index in [-0.39, 0.29) is 0 Å². The molecule has 5 aromatic heterocycles. The Morgan fingerprint density at radius 2 is 0.870 bits per heavy atom. The summed E-state index contributed by atoms with van der Waals surface area (Å²) in [7, 11) is 0. The molecule has 0 radical (unpaired) electrons. The summed E-state index contributed by atoms with van der Waals surface area (Å²) in [5, 5.41) is 4.39. The summed E-state index contributed by atoms with van der Waals surface area (Å²) >= 11 is 0. The normalized spacial score (nSPS) is 11.5. The third-order valence-electron chi connectivity index (χ3n) is 8.60. The summed E-state index contributed by atoms with van der Waals surface area (Å²) in [6.45, 7) is 0. The van der Waals surface area contributed by atoms with Gasteiger partial charge in [-0.05, 0) is 65.7 Å². The zero-order valence-electron chi connectivity index (χ0n) is 24.7. The highest BCUT2D eigenvalue weighted by atomic mass is 14.8. The van der Waals surface area contributed by atoms with Gasteiger partial charge in [-0.2, -0.15) is 0 Å². The molecule has 0 aliphatic heterocycles. The Morgan fingerprint density at radius 3 is 1.65 bits per heavy atom. The summed E-state index contributed by atoms with van der Waals surface area (Å²) in [4.78, 5) is 23.7. The van der Waals surface area contributed by atoms with E-state index in [1.165, 1.54) is 0 Å². The number of aromatic nitrogens is 5. The predicted molar refractivity (Wildman–Crippen MR) is 187 cm³/mol. The average Bonchev–Trinajstić information content (AvgIpc) is 3.14. The standard InChI is InChI=1S/C41H25N5/c1-2-30-8-9-31-12-16-37(46-41(31)40(30)43-21-1)27-5-3-26(4-6-27)35-18-14-34-24-32(13-17-38(34)44-35)33-10-7-28-11-15-36(45-39(28)25-33)29-19-22-42-23-20-29/h1-25H. The summed E-state index contributed by atoms with van der Waals surface area (Å²) in [5.74, 6) is 0. The number of benzene rings is 4. The zero-order valence-corrected chi connectivity index (χ0v) is 24.7. The Hall–Kier alpha value is -6.33. The van der Waals surface area contributed by atoms with Crippen molar-refractivity contribution in [1.82, 2.24) is 24.9 Å². The van der Waals surface area contributed by atoms with Crippen LogP contribution in [0.4, 0.5) is 0 Å². The maximum absolute atomic E-state index is 5.01. The van der Waals surface area contributed by atoms with Gasteiger partial charge >= 0.3 is 0 Å². The minimum Gasteiger partial charge on any atom is -0.265 e. The number of pyridine rings is 5. The molecule has 0 fully saturated rings. The van der Waals surface area contributed by atoms with Gasteiger partial charge in [0.25, 0.3) is 0 Å². The summed E-state index contributed by atoms with van der Waals surface area (Å²) in [5.41, 5.74) is 12.0. The minimum atomic E-state index is 0.921. The molecule has 0 spiro atoms. The first-order chi connectivity index (χ1) is 22.7. The van der Waals surface area contributed by atoms with Crippen molar-refractivity contribution in [2.75, 3.05) is 0 Å². The Balaban J connectivity index is 1.01. The van der Waals surface area contributed by atoms with Gasteiger partial charge in [0.15, 0.2) is 0 Å². The van der Waals surface area contributed by atoms with Gasteiger partial charge in [-0.3, -0.25) is 9.97 Å². The van der Waals surface area contributed by atoms with Gasteiger partial charge in [-0.15, -0.1) is 0 Å². The molecule has 0 unspecified atom stereocenters. The number of hydrogen-bond donors (Lipinski definition) is 0. The zero-order chi connectivity index (χ0) is 30.5. The van der Waals surface area contributed by atoms with E-state index in [1.54, 1.807) is 12.4 Å². The lowest BCUT2D eigenvalue weighted by atomic mass is 10.0. The monoisotopic (exact) mass is 587 g/mol. The molecule has 4 aromatic carbocycles. The van der Waals surface area contributed by atoms with E-state index >= 15 is 0 Å². The quantitative estimate of drug-likeness (QED) is 0.192. The lowest BCUT2D eigenvalue weighted by molar-refractivity contribution is 1.31. The molecule has 9 aromatic rings. The summed E-state index contributed by atoms with van der Waals surface area (Å²) in [6.07, 6.45) is 5.41. The molecule has 5 heteroatoms. The van der Waals surface area contributed by atoms with Crippen LogP contribution in [0.3, 0.4) is 0 Å². The molecule has 0 aliphatic carbocycles. The van der Waals surface area contributed by atoms with Crippen LogP contribution >= 0.6 is 0 Å². The second-order valence-electron chi connectivity index (χ2n) is 11.4. The molecule has 0 N–H and O–H groups in total. The first-order valence-electron chi connectivity index (χ1n) is 15.2. The van der Waals surface area contributed by atoms with E-state index in [0.29, 0.717) is 0 Å². The fourth-order valence-corrected chi connectivity index (χ4v) is 6.14. The topological polar surface area (TPSA) is 64.5 Å². The molecule has 0 saturated heterocycles. The highest BCUT2D eigenvalue weighted by molar-refractivity contribution is 6.03. The maximum atomic E-state index is 5.01. The first-order valence-corrected chi connectivity index (χ1v) is 15.2. The highest BCUT2D eigenvalue weighted by Crippen LogP contribution is 2.31. The Labute approximate surface area is 264 Å². The molecule has 0 bridgehead atoms. The smallest absolute Gasteiger partial charge is 0.0972 e. The lowest BCUT2D eigenvalue weighted by Crippen LogP contribution is -1.90. The second-order valence-corrected chi connectivity index (χ2v) is 11.4. The molecule has 214 valence electrons. The van der Waals surface area contributed by atoms with Crippen molar-refractivity contribution in [3.8, 4) is 44.9 Å². The van der Waals surface area contributed by atoms with Crippen LogP contribution in [0.15, 0.2) is 152 Å². The van der Waals surface area contributed by atoms with Gasteiger partial charge < -0.3 is 0 Å². The van der Waals surface area contributed by atoms with E-state index in [1.807, 2.05) is 24.4 Å². The largest absolute Gasteiger partial charge is 0.265 e. The molecule has 46 heavy (non-hydrogen) atoms. The second kappa shape index (κ2) is 10.7. The third-order valence-corrected chi connectivity index (χ3v) is 8.60. The highest BCUT2D eigenvalue weighted by Gasteiger charge is 2.09. The molecule has 9 rings (SSSR count). The maximum Gasteiger partial charge on any atom is 0.0972 e. The van der Waals surface area contributed by atoms with Gasteiger partial charge in [0.1, 0.15) is 0 Å². The fourth-order valence-electron chi connectivity index (χ4n) is 6.14. The number of rotatable bonds is 4. The van der Waals surface area contributed by atoms with Crippen molar-refractivity contribution in [1.29, 1.82) is 0 Å². The molecular formula is C41H25N5. The van der Waals surface area contributed by atoms with Crippen LogP contribution in [0.25, 0.3) is 88.5 Å². The van der Waals surface area contributed by atoms with Gasteiger partial charge in [0, 0.05) is 56.8 Å². The minimum absolute atomic E-state index is 0.921. The predicted octanol–water partition coefficient (Wildman–Crippen LogP) is 9.94. The van der Waals surface area contributed by atoms with Crippen molar-refractivity contribution in [2.45, 2.75) is 0 Å². The lowest BCUT2D eigenvalue weighted by Gasteiger charge is -2.09. The number of fused-ring (bicyclic) bond motifs is 5. The van der Waals surface area contributed by atoms with Crippen LogP contribution in [0.2, 0.25) is 0 Å². The average molecular weight is 588 g/mol. The van der Waals surface area contributed by atoms with Crippen LogP contribution < -0.4 is 0 Å². The molecule has 0 amide bonds. The molecule has 5 nitrogen and oxygen atoms in total. The van der Waals surface area contributed by atoms with Crippen molar-refractivity contribution < 1.29 is 0 Å². The van der Waals surface area contributed by atoms with E-state index in [0.717, 1.165) is 88.5 Å². The van der Waals surface area contributed by atoms with Crippen molar-refractivity contribution in [2.24, 2.45) is 0 Å². The Morgan fingerprint density at radius 1 is 0.326 bits per heavy atom. The van der Waals surface area contributed by atoms with Crippen molar-refractivity contribution >= 4 is 43.6 Å². The Bertz CT molecular complexity index is 2580. The summed E-state index contributed by atoms with van der Waals surface area (Å²) < 4.78 is 0. The summed E-state index contributed by atoms with van der Waals surface area (Å²) in [6, 6.07) is 46.2. The van der Waals surface area contributed by atoms with E-state index in [4.69, 9.17) is 15.0 Å². The Kier molecular flexibility index (Phi) is 6.06. The fraction of sp³-hybridized carbons (Fsp3) is 0. The van der Waals surface area contributed by atoms with Gasteiger partial charge in [-0.25, -0.2) is 15.0 Å². The molecule has 0 atom stereocenters. The van der Waals surface area contributed by atoms with Gasteiger partial charge in [-0.1, -0.05) is 78.9 Å². The van der Waals surface area contributed by atoms with Crippen LogP contribution in [0, 0.1) is 0 Å². The molecule has 5 heterocycles. The van der Waals surface area contributed by atoms with Crippen LogP contribution in [-0.2, 0) is 0 Å². The van der Waals surface area contributed by atoms with E-state index in [9.17, 15) is 0 Å². The molecule has 0 aliphatic rings. The van der Waals surface area contributed by atoms with Crippen LogP contribution in [0.1, 0.15) is 0 Å². The number of hydrogen-bond acceptors (Lipinski definition) is 5. The van der Waals surface area contributed by atoms with Gasteiger partial charge in [0.05, 0.1) is 39.1 Å². The first kappa shape index (κ1) is 26.1. The SMILES string of the molecule is c1cnc2c(c1)ccc1ccc(-c3ccc(-c4ccc5cc(-c6ccc7ccc(-c8ccncc8)nc7c6)ccc5n4)cc3)nc12. The van der Waals surface area contributed by atoms with E-state index < -0.39 is 0 Å². The third kappa shape index (κ3) is 4.62. The van der Waals surface area contributed by atoms with E-state index in [2.05, 4.69) is 125 Å². The number of nitrogens with zero attached hydrogens (tertiary/aromatic N) is 5. The van der Waals surface area contributed by atoms with Crippen LogP contribution in [-0.4, -0.2) is 24.9 Å². The molecular weight excluding hydrogens is 562 g/mol. The van der Waals surface area contributed by atoms with Crippen molar-refractivity contribution in [3.05, 3.63) is 152 Å².